The highest BCUT2D eigenvalue weighted by molar-refractivity contribution is 7.86. The van der Waals surface area contributed by atoms with Gasteiger partial charge in [-0.05, 0) is 22.9 Å². The predicted octanol–water partition coefficient (Wildman–Crippen LogP) is 2.76. The van der Waals surface area contributed by atoms with E-state index in [2.05, 4.69) is 4.74 Å². The Morgan fingerprint density at radius 3 is 1.86 bits per heavy atom. The molecule has 0 heterocycles. The Balaban J connectivity index is 2.58. The highest BCUT2D eigenvalue weighted by atomic mass is 32.2. The standard InChI is InChI=1S/C15H9F5O7S/c16-14(17,18)13(15(19,20)28(24,25)26)27-12(23)10-6-8-4-2-1-3-7(8)5-9(10)11(21)22/h1-6,13H,(H,21,22)(H,24,25,26)/p-1. The molecule has 0 amide bonds. The third kappa shape index (κ3) is 4.04. The predicted molar refractivity (Wildman–Crippen MR) is 80.8 cm³/mol. The number of benzene rings is 2. The molecule has 1 atom stereocenters. The normalized spacial score (nSPS) is 13.9. The molecule has 0 aromatic heterocycles. The molecular weight excluding hydrogens is 419 g/mol. The summed E-state index contributed by atoms with van der Waals surface area (Å²) in [7, 11) is -6.87. The number of carbonyl (C=O) groups is 2. The van der Waals surface area contributed by atoms with Crippen LogP contribution in [0.1, 0.15) is 20.7 Å². The fourth-order valence-electron chi connectivity index (χ4n) is 2.21. The number of ether oxygens (including phenoxy) is 1. The maximum absolute atomic E-state index is 13.5. The average Bonchev–Trinajstić information content (AvgIpc) is 2.55. The Morgan fingerprint density at radius 1 is 1.00 bits per heavy atom. The molecular formula is C15H8F5O7S-. The fraction of sp³-hybridized carbons (Fsp3) is 0.200. The molecule has 28 heavy (non-hydrogen) atoms. The van der Waals surface area contributed by atoms with Gasteiger partial charge >= 0.3 is 23.4 Å². The van der Waals surface area contributed by atoms with Crippen LogP contribution in [0.2, 0.25) is 0 Å². The highest BCUT2D eigenvalue weighted by Gasteiger charge is 2.63. The van der Waals surface area contributed by atoms with Gasteiger partial charge < -0.3 is 14.4 Å². The Morgan fingerprint density at radius 2 is 1.46 bits per heavy atom. The second kappa shape index (κ2) is 6.98. The largest absolute Gasteiger partial charge is 0.743 e. The maximum atomic E-state index is 13.5. The van der Waals surface area contributed by atoms with E-state index < -0.39 is 50.7 Å². The summed E-state index contributed by atoms with van der Waals surface area (Å²) in [4.78, 5) is 23.3. The lowest BCUT2D eigenvalue weighted by atomic mass is 10.0. The molecule has 2 aromatic carbocycles. The Bertz CT molecular complexity index is 1050. The number of carboxylic acids is 1. The van der Waals surface area contributed by atoms with Crippen molar-refractivity contribution in [3.63, 3.8) is 0 Å². The van der Waals surface area contributed by atoms with E-state index >= 15 is 0 Å². The Hall–Kier alpha value is -2.80. The number of alkyl halides is 5. The number of carboxylic acid groups (broad SMARTS) is 1. The number of carbonyl (C=O) groups excluding carboxylic acids is 1. The summed E-state index contributed by atoms with van der Waals surface area (Å²) in [6, 6.07) is 7.35. The van der Waals surface area contributed by atoms with Gasteiger partial charge in [0.25, 0.3) is 6.10 Å². The molecule has 1 N–H and O–H groups in total. The average molecular weight is 427 g/mol. The minimum Gasteiger partial charge on any atom is -0.743 e. The van der Waals surface area contributed by atoms with Gasteiger partial charge in [0.2, 0.25) is 0 Å². The van der Waals surface area contributed by atoms with Crippen LogP contribution in [0.15, 0.2) is 36.4 Å². The number of hydrogen-bond donors (Lipinski definition) is 1. The quantitative estimate of drug-likeness (QED) is 0.443. The van der Waals surface area contributed by atoms with Crippen LogP contribution in [-0.4, -0.2) is 47.6 Å². The molecule has 0 aliphatic heterocycles. The summed E-state index contributed by atoms with van der Waals surface area (Å²) in [6.07, 6.45) is -10.8. The number of rotatable bonds is 5. The van der Waals surface area contributed by atoms with Crippen LogP contribution >= 0.6 is 0 Å². The van der Waals surface area contributed by atoms with Gasteiger partial charge in [0, 0.05) is 0 Å². The molecule has 2 aromatic rings. The Labute approximate surface area is 153 Å². The van der Waals surface area contributed by atoms with Crippen molar-refractivity contribution in [1.29, 1.82) is 0 Å². The molecule has 0 saturated carbocycles. The topological polar surface area (TPSA) is 121 Å². The van der Waals surface area contributed by atoms with Gasteiger partial charge in [-0.3, -0.25) is 0 Å². The number of fused-ring (bicyclic) bond motifs is 1. The maximum Gasteiger partial charge on any atom is 0.432 e. The number of hydrogen-bond acceptors (Lipinski definition) is 6. The van der Waals surface area contributed by atoms with E-state index in [1.807, 2.05) is 0 Å². The van der Waals surface area contributed by atoms with Crippen LogP contribution in [-0.2, 0) is 14.9 Å². The molecule has 0 radical (unpaired) electrons. The summed E-state index contributed by atoms with van der Waals surface area (Å²) in [5, 5.41) is 3.51. The van der Waals surface area contributed by atoms with E-state index in [0.717, 1.165) is 12.1 Å². The summed E-state index contributed by atoms with van der Waals surface area (Å²) in [5.74, 6) is -3.99. The summed E-state index contributed by atoms with van der Waals surface area (Å²) in [6.45, 7) is 0. The number of esters is 1. The van der Waals surface area contributed by atoms with Crippen LogP contribution < -0.4 is 0 Å². The molecule has 0 fully saturated rings. The van der Waals surface area contributed by atoms with Crippen molar-refractivity contribution in [2.24, 2.45) is 0 Å². The molecule has 1 unspecified atom stereocenters. The lowest BCUT2D eigenvalue weighted by Gasteiger charge is -2.29. The Kier molecular flexibility index (Phi) is 5.36. The first-order valence-electron chi connectivity index (χ1n) is 7.03. The third-order valence-corrected chi connectivity index (χ3v) is 4.38. The molecule has 2 rings (SSSR count). The summed E-state index contributed by atoms with van der Waals surface area (Å²) >= 11 is 0. The second-order valence-electron chi connectivity index (χ2n) is 5.39. The van der Waals surface area contributed by atoms with Crippen molar-refractivity contribution in [3.8, 4) is 0 Å². The van der Waals surface area contributed by atoms with Crippen molar-refractivity contribution < 1.29 is 54.4 Å². The second-order valence-corrected chi connectivity index (χ2v) is 6.85. The first-order chi connectivity index (χ1) is 12.7. The fourth-order valence-corrected chi connectivity index (χ4v) is 2.66. The zero-order valence-electron chi connectivity index (χ0n) is 13.2. The molecule has 7 nitrogen and oxygen atoms in total. The van der Waals surface area contributed by atoms with Crippen LogP contribution in [0, 0.1) is 0 Å². The minimum atomic E-state index is -6.87. The smallest absolute Gasteiger partial charge is 0.432 e. The van der Waals surface area contributed by atoms with Crippen LogP contribution in [0.25, 0.3) is 10.8 Å². The van der Waals surface area contributed by atoms with Gasteiger partial charge in [-0.15, -0.1) is 0 Å². The van der Waals surface area contributed by atoms with Crippen molar-refractivity contribution in [3.05, 3.63) is 47.5 Å². The monoisotopic (exact) mass is 427 g/mol. The summed E-state index contributed by atoms with van der Waals surface area (Å²) in [5.41, 5.74) is -1.92. The van der Waals surface area contributed by atoms with Gasteiger partial charge in [0.05, 0.1) is 11.1 Å². The van der Waals surface area contributed by atoms with Gasteiger partial charge in [0.15, 0.2) is 10.1 Å². The molecule has 152 valence electrons. The van der Waals surface area contributed by atoms with Crippen molar-refractivity contribution in [2.75, 3.05) is 0 Å². The molecule has 0 spiro atoms. The first-order valence-corrected chi connectivity index (χ1v) is 8.44. The van der Waals surface area contributed by atoms with Crippen molar-refractivity contribution in [1.82, 2.24) is 0 Å². The van der Waals surface area contributed by atoms with Crippen molar-refractivity contribution in [2.45, 2.75) is 17.5 Å². The van der Waals surface area contributed by atoms with Gasteiger partial charge in [-0.2, -0.15) is 22.0 Å². The van der Waals surface area contributed by atoms with Gasteiger partial charge in [-0.25, -0.2) is 18.0 Å². The van der Waals surface area contributed by atoms with Crippen LogP contribution in [0.4, 0.5) is 22.0 Å². The molecule has 0 saturated heterocycles. The van der Waals surface area contributed by atoms with Crippen molar-refractivity contribution >= 4 is 32.8 Å². The molecule has 0 bridgehead atoms. The van der Waals surface area contributed by atoms with Crippen LogP contribution in [0.3, 0.4) is 0 Å². The van der Waals surface area contributed by atoms with Gasteiger partial charge in [0.1, 0.15) is 0 Å². The van der Waals surface area contributed by atoms with E-state index in [4.69, 9.17) is 5.11 Å². The summed E-state index contributed by atoms with van der Waals surface area (Å²) < 4.78 is 101. The zero-order chi connectivity index (χ0) is 21.5. The van der Waals surface area contributed by atoms with E-state index in [0.29, 0.717) is 0 Å². The molecule has 0 aliphatic carbocycles. The van der Waals surface area contributed by atoms with E-state index in [-0.39, 0.29) is 10.8 Å². The van der Waals surface area contributed by atoms with Crippen LogP contribution in [0.5, 0.6) is 0 Å². The number of aromatic carboxylic acids is 1. The SMILES string of the molecule is O=C(O)c1cc2ccccc2cc1C(=O)OC(C(F)(F)F)C(F)(F)S(=O)(=O)[O-]. The van der Waals surface area contributed by atoms with E-state index in [9.17, 15) is 44.5 Å². The van der Waals surface area contributed by atoms with E-state index in [1.165, 1.54) is 24.3 Å². The zero-order valence-corrected chi connectivity index (χ0v) is 14.1. The molecule has 13 heteroatoms. The third-order valence-electron chi connectivity index (χ3n) is 3.50. The lowest BCUT2D eigenvalue weighted by Crippen LogP contribution is -2.52. The van der Waals surface area contributed by atoms with E-state index in [1.54, 1.807) is 0 Å². The van der Waals surface area contributed by atoms with Gasteiger partial charge in [-0.1, -0.05) is 24.3 Å². The highest BCUT2D eigenvalue weighted by Crippen LogP contribution is 2.38. The molecule has 0 aliphatic rings. The minimum absolute atomic E-state index is 0.159. The first kappa shape index (κ1) is 21.5. The number of halogens is 5. The lowest BCUT2D eigenvalue weighted by molar-refractivity contribution is -0.248.